The van der Waals surface area contributed by atoms with Crippen LogP contribution in [0.4, 0.5) is 11.4 Å². The van der Waals surface area contributed by atoms with Crippen LogP contribution in [0.3, 0.4) is 0 Å². The number of aliphatic hydroxyl groups is 1. The van der Waals surface area contributed by atoms with Gasteiger partial charge in [-0.15, -0.1) is 0 Å². The van der Waals surface area contributed by atoms with E-state index in [1.807, 2.05) is 66.4 Å². The highest BCUT2D eigenvalue weighted by Gasteiger charge is 2.06. The average molecular weight is 444 g/mol. The number of para-hydroxylation sites is 1. The molecule has 0 aromatic heterocycles. The Labute approximate surface area is 194 Å². The lowest BCUT2D eigenvalue weighted by Crippen LogP contribution is -2.20. The Hall–Kier alpha value is -1.65. The van der Waals surface area contributed by atoms with Crippen molar-refractivity contribution in [3.05, 3.63) is 54.6 Å². The summed E-state index contributed by atoms with van der Waals surface area (Å²) in [5, 5.41) is 13.5. The SMILES string of the molecule is CCCCCCCCCCCCSCC(O)COc1ccc(Nc2ccccc2)cc1. The molecule has 0 aliphatic carbocycles. The van der Waals surface area contributed by atoms with Gasteiger partial charge in [0, 0.05) is 17.1 Å². The number of unbranched alkanes of at least 4 members (excludes halogenated alkanes) is 9. The first-order valence-electron chi connectivity index (χ1n) is 12.1. The van der Waals surface area contributed by atoms with E-state index in [2.05, 4.69) is 12.2 Å². The van der Waals surface area contributed by atoms with E-state index in [0.717, 1.165) is 28.6 Å². The van der Waals surface area contributed by atoms with Gasteiger partial charge in [0.15, 0.2) is 0 Å². The monoisotopic (exact) mass is 443 g/mol. The van der Waals surface area contributed by atoms with Crippen LogP contribution >= 0.6 is 11.8 Å². The van der Waals surface area contributed by atoms with Gasteiger partial charge in [-0.1, -0.05) is 82.9 Å². The highest BCUT2D eigenvalue weighted by atomic mass is 32.2. The number of hydrogen-bond acceptors (Lipinski definition) is 4. The highest BCUT2D eigenvalue weighted by Crippen LogP contribution is 2.20. The molecule has 1 unspecified atom stereocenters. The molecule has 0 saturated carbocycles. The maximum atomic E-state index is 10.2. The molecule has 0 fully saturated rings. The van der Waals surface area contributed by atoms with Gasteiger partial charge in [-0.25, -0.2) is 0 Å². The second kappa shape index (κ2) is 17.0. The Bertz CT molecular complexity index is 663. The first-order chi connectivity index (χ1) is 15.3. The molecule has 0 bridgehead atoms. The molecule has 0 saturated heterocycles. The van der Waals surface area contributed by atoms with Gasteiger partial charge in [-0.2, -0.15) is 11.8 Å². The number of thioether (sulfide) groups is 1. The molecule has 0 spiro atoms. The molecule has 2 aromatic rings. The number of rotatable bonds is 18. The van der Waals surface area contributed by atoms with Gasteiger partial charge in [0.1, 0.15) is 12.4 Å². The third kappa shape index (κ3) is 12.7. The second-order valence-electron chi connectivity index (χ2n) is 8.24. The largest absolute Gasteiger partial charge is 0.491 e. The molecule has 1 atom stereocenters. The fraction of sp³-hybridized carbons (Fsp3) is 0.556. The molecular formula is C27H41NO2S. The van der Waals surface area contributed by atoms with Crippen LogP contribution in [0.5, 0.6) is 5.75 Å². The number of nitrogens with one attached hydrogen (secondary N) is 1. The maximum Gasteiger partial charge on any atom is 0.119 e. The van der Waals surface area contributed by atoms with Crippen molar-refractivity contribution in [2.24, 2.45) is 0 Å². The van der Waals surface area contributed by atoms with Gasteiger partial charge in [0.05, 0.1) is 6.10 Å². The van der Waals surface area contributed by atoms with Gasteiger partial charge in [0.25, 0.3) is 0 Å². The van der Waals surface area contributed by atoms with Crippen LogP contribution < -0.4 is 10.1 Å². The van der Waals surface area contributed by atoms with Gasteiger partial charge >= 0.3 is 0 Å². The number of aliphatic hydroxyl groups excluding tert-OH is 1. The summed E-state index contributed by atoms with van der Waals surface area (Å²) in [5.74, 6) is 2.66. The van der Waals surface area contributed by atoms with Crippen molar-refractivity contribution >= 4 is 23.1 Å². The Morgan fingerprint density at radius 1 is 0.774 bits per heavy atom. The third-order valence-electron chi connectivity index (χ3n) is 5.31. The fourth-order valence-electron chi connectivity index (χ4n) is 3.47. The average Bonchev–Trinajstić information content (AvgIpc) is 2.80. The van der Waals surface area contributed by atoms with Crippen molar-refractivity contribution in [2.45, 2.75) is 77.2 Å². The molecule has 0 amide bonds. The van der Waals surface area contributed by atoms with E-state index >= 15 is 0 Å². The predicted molar refractivity (Wildman–Crippen MR) is 137 cm³/mol. The summed E-state index contributed by atoms with van der Waals surface area (Å²) in [4.78, 5) is 0. The number of anilines is 2. The first-order valence-corrected chi connectivity index (χ1v) is 13.2. The molecule has 4 heteroatoms. The smallest absolute Gasteiger partial charge is 0.119 e. The summed E-state index contributed by atoms with van der Waals surface area (Å²) in [5.41, 5.74) is 2.08. The normalized spacial score (nSPS) is 11.9. The molecule has 172 valence electrons. The molecular weight excluding hydrogens is 402 g/mol. The maximum absolute atomic E-state index is 10.2. The zero-order valence-corrected chi connectivity index (χ0v) is 20.0. The second-order valence-corrected chi connectivity index (χ2v) is 9.39. The van der Waals surface area contributed by atoms with Crippen LogP contribution in [0.15, 0.2) is 54.6 Å². The lowest BCUT2D eigenvalue weighted by Gasteiger charge is -2.13. The third-order valence-corrected chi connectivity index (χ3v) is 6.51. The zero-order valence-electron chi connectivity index (χ0n) is 19.2. The Morgan fingerprint density at radius 3 is 2.00 bits per heavy atom. The summed E-state index contributed by atoms with van der Waals surface area (Å²) >= 11 is 1.84. The summed E-state index contributed by atoms with van der Waals surface area (Å²) in [7, 11) is 0. The minimum Gasteiger partial charge on any atom is -0.491 e. The minimum atomic E-state index is -0.421. The number of hydrogen-bond donors (Lipinski definition) is 2. The van der Waals surface area contributed by atoms with E-state index in [1.165, 1.54) is 64.2 Å². The van der Waals surface area contributed by atoms with Crippen LogP contribution in [-0.2, 0) is 0 Å². The van der Waals surface area contributed by atoms with E-state index in [4.69, 9.17) is 4.74 Å². The van der Waals surface area contributed by atoms with Crippen LogP contribution in [-0.4, -0.2) is 29.3 Å². The van der Waals surface area contributed by atoms with Crippen molar-refractivity contribution in [1.29, 1.82) is 0 Å². The van der Waals surface area contributed by atoms with E-state index in [-0.39, 0.29) is 0 Å². The first kappa shape index (κ1) is 25.6. The van der Waals surface area contributed by atoms with Gasteiger partial charge in [-0.3, -0.25) is 0 Å². The Balaban J connectivity index is 1.45. The molecule has 0 aliphatic rings. The van der Waals surface area contributed by atoms with Gasteiger partial charge in [-0.05, 0) is 48.6 Å². The van der Waals surface area contributed by atoms with Gasteiger partial charge < -0.3 is 15.2 Å². The molecule has 0 aliphatic heterocycles. The fourth-order valence-corrected chi connectivity index (χ4v) is 4.42. The highest BCUT2D eigenvalue weighted by molar-refractivity contribution is 7.99. The topological polar surface area (TPSA) is 41.5 Å². The van der Waals surface area contributed by atoms with Crippen molar-refractivity contribution in [1.82, 2.24) is 0 Å². The van der Waals surface area contributed by atoms with E-state index in [9.17, 15) is 5.11 Å². The number of ether oxygens (including phenoxy) is 1. The zero-order chi connectivity index (χ0) is 22.0. The quantitative estimate of drug-likeness (QED) is 0.230. The van der Waals surface area contributed by atoms with Crippen molar-refractivity contribution in [3.8, 4) is 5.75 Å². The predicted octanol–water partition coefficient (Wildman–Crippen LogP) is 7.82. The summed E-state index contributed by atoms with van der Waals surface area (Å²) in [6.07, 6.45) is 13.3. The molecule has 31 heavy (non-hydrogen) atoms. The molecule has 2 aromatic carbocycles. The Kier molecular flexibility index (Phi) is 14.0. The standard InChI is InChI=1S/C27H41NO2S/c1-2-3-4-5-6-7-8-9-10-14-21-31-23-26(29)22-30-27-19-17-25(18-20-27)28-24-15-12-11-13-16-24/h11-13,15-20,26,28-29H,2-10,14,21-23H2,1H3. The van der Waals surface area contributed by atoms with E-state index in [1.54, 1.807) is 0 Å². The molecule has 2 rings (SSSR count). The van der Waals surface area contributed by atoms with Crippen molar-refractivity contribution < 1.29 is 9.84 Å². The van der Waals surface area contributed by atoms with E-state index in [0.29, 0.717) is 6.61 Å². The van der Waals surface area contributed by atoms with Crippen molar-refractivity contribution in [3.63, 3.8) is 0 Å². The van der Waals surface area contributed by atoms with Crippen LogP contribution in [0.25, 0.3) is 0 Å². The van der Waals surface area contributed by atoms with Crippen LogP contribution in [0.1, 0.15) is 71.1 Å². The molecule has 2 N–H and O–H groups in total. The van der Waals surface area contributed by atoms with E-state index < -0.39 is 6.10 Å². The Morgan fingerprint density at radius 2 is 1.35 bits per heavy atom. The van der Waals surface area contributed by atoms with Crippen LogP contribution in [0, 0.1) is 0 Å². The van der Waals surface area contributed by atoms with Crippen molar-refractivity contribution in [2.75, 3.05) is 23.4 Å². The summed E-state index contributed by atoms with van der Waals surface area (Å²) < 4.78 is 5.74. The van der Waals surface area contributed by atoms with Gasteiger partial charge in [0.2, 0.25) is 0 Å². The summed E-state index contributed by atoms with van der Waals surface area (Å²) in [6, 6.07) is 18.0. The lowest BCUT2D eigenvalue weighted by molar-refractivity contribution is 0.126. The minimum absolute atomic E-state index is 0.344. The summed E-state index contributed by atoms with van der Waals surface area (Å²) in [6.45, 7) is 2.62. The lowest BCUT2D eigenvalue weighted by atomic mass is 10.1. The number of benzene rings is 2. The van der Waals surface area contributed by atoms with Crippen LogP contribution in [0.2, 0.25) is 0 Å². The molecule has 0 radical (unpaired) electrons. The molecule has 0 heterocycles. The molecule has 3 nitrogen and oxygen atoms in total.